The summed E-state index contributed by atoms with van der Waals surface area (Å²) in [4.78, 5) is 2.79. The van der Waals surface area contributed by atoms with Gasteiger partial charge in [0.25, 0.3) is 0 Å². The van der Waals surface area contributed by atoms with Crippen LogP contribution in [0.25, 0.3) is 0 Å². The Kier molecular flexibility index (Phi) is 4.93. The summed E-state index contributed by atoms with van der Waals surface area (Å²) >= 11 is 5.80. The van der Waals surface area contributed by atoms with Crippen molar-refractivity contribution in [3.05, 3.63) is 0 Å². The van der Waals surface area contributed by atoms with E-state index in [9.17, 15) is 0 Å². The van der Waals surface area contributed by atoms with E-state index in [4.69, 9.17) is 21.1 Å². The summed E-state index contributed by atoms with van der Waals surface area (Å²) in [6, 6.07) is 0. The van der Waals surface area contributed by atoms with Crippen molar-refractivity contribution in [3.63, 3.8) is 0 Å². The van der Waals surface area contributed by atoms with Crippen LogP contribution in [0.2, 0.25) is 0 Å². The van der Waals surface area contributed by atoms with E-state index in [0.29, 0.717) is 12.5 Å². The fraction of sp³-hybridized carbons (Fsp3) is 1.00. The molecule has 100 valence electrons. The molecule has 1 unspecified atom stereocenters. The smallest absolute Gasteiger partial charge is 0.409 e. The second-order valence-electron chi connectivity index (χ2n) is 6.54. The summed E-state index contributed by atoms with van der Waals surface area (Å²) in [5.41, 5.74) is -0.197. The lowest BCUT2D eigenvalue weighted by Gasteiger charge is -2.48. The monoisotopic (exact) mass is 261 g/mol. The van der Waals surface area contributed by atoms with Crippen LogP contribution in [0, 0.1) is 11.3 Å². The Morgan fingerprint density at radius 3 is 2.29 bits per heavy atom. The molecule has 1 aliphatic rings. The third-order valence-electron chi connectivity index (χ3n) is 3.84. The van der Waals surface area contributed by atoms with Crippen LogP contribution < -0.4 is 4.84 Å². The van der Waals surface area contributed by atoms with Crippen LogP contribution in [0.5, 0.6) is 0 Å². The van der Waals surface area contributed by atoms with E-state index in [2.05, 4.69) is 46.4 Å². The van der Waals surface area contributed by atoms with Gasteiger partial charge in [-0.1, -0.05) is 27.7 Å². The van der Waals surface area contributed by atoms with Crippen LogP contribution in [-0.2, 0) is 9.31 Å². The maximum absolute atomic E-state index is 6.07. The highest BCUT2D eigenvalue weighted by atomic mass is 35.5. The fourth-order valence-corrected chi connectivity index (χ4v) is 2.05. The number of nitrogens with one attached hydrogen (secondary N) is 1. The summed E-state index contributed by atoms with van der Waals surface area (Å²) in [6.07, 6.45) is 0.935. The Morgan fingerprint density at radius 1 is 1.29 bits per heavy atom. The van der Waals surface area contributed by atoms with E-state index < -0.39 is 0 Å². The molecule has 0 aromatic heterocycles. The Morgan fingerprint density at radius 2 is 1.88 bits per heavy atom. The quantitative estimate of drug-likeness (QED) is 0.623. The molecular formula is C12H25BClNO2. The zero-order valence-electron chi connectivity index (χ0n) is 11.8. The van der Waals surface area contributed by atoms with E-state index in [1.807, 2.05) is 0 Å². The summed E-state index contributed by atoms with van der Waals surface area (Å²) in [5, 5.41) is 0. The first-order chi connectivity index (χ1) is 7.69. The first-order valence-corrected chi connectivity index (χ1v) is 6.73. The first kappa shape index (κ1) is 15.3. The molecule has 0 aromatic carbocycles. The maximum Gasteiger partial charge on any atom is 0.476 e. The molecule has 0 spiro atoms. The molecular weight excluding hydrogens is 236 g/mol. The number of hydrogen-bond acceptors (Lipinski definition) is 3. The average Bonchev–Trinajstić information content (AvgIpc) is 2.18. The second kappa shape index (κ2) is 5.47. The minimum Gasteiger partial charge on any atom is -0.409 e. The third-order valence-corrected chi connectivity index (χ3v) is 4.12. The minimum atomic E-state index is -0.266. The van der Waals surface area contributed by atoms with Crippen molar-refractivity contribution in [2.75, 3.05) is 6.61 Å². The van der Waals surface area contributed by atoms with Gasteiger partial charge in [0.1, 0.15) is 0 Å². The summed E-state index contributed by atoms with van der Waals surface area (Å²) in [7, 11) is -0.266. The van der Waals surface area contributed by atoms with E-state index in [1.165, 1.54) is 0 Å². The van der Waals surface area contributed by atoms with Gasteiger partial charge in [-0.3, -0.25) is 0 Å². The summed E-state index contributed by atoms with van der Waals surface area (Å²) in [5.74, 6) is 0.587. The van der Waals surface area contributed by atoms with Crippen molar-refractivity contribution in [1.29, 1.82) is 0 Å². The minimum absolute atomic E-state index is 0.0121. The van der Waals surface area contributed by atoms with Crippen molar-refractivity contribution in [2.24, 2.45) is 11.3 Å². The molecule has 1 atom stereocenters. The average molecular weight is 262 g/mol. The standard InChI is InChI=1S/C12H25BClNO2/c1-9(2)7-10(15-14)13-16-8-11(3,4)12(5,6)17-13/h9-10,15H,7-8H2,1-6H3. The van der Waals surface area contributed by atoms with Gasteiger partial charge < -0.3 is 9.31 Å². The van der Waals surface area contributed by atoms with Crippen molar-refractivity contribution in [3.8, 4) is 0 Å². The molecule has 0 bridgehead atoms. The van der Waals surface area contributed by atoms with Crippen LogP contribution in [-0.4, -0.2) is 25.3 Å². The highest BCUT2D eigenvalue weighted by molar-refractivity contribution is 6.48. The lowest BCUT2D eigenvalue weighted by Crippen LogP contribution is -2.59. The van der Waals surface area contributed by atoms with Gasteiger partial charge in [-0.05, 0) is 38.0 Å². The van der Waals surface area contributed by atoms with Gasteiger partial charge in [-0.25, -0.2) is 4.84 Å². The SMILES string of the molecule is CC(C)CC(NCl)B1OCC(C)(C)C(C)(C)O1. The van der Waals surface area contributed by atoms with Crippen LogP contribution in [0.4, 0.5) is 0 Å². The molecule has 0 aromatic rings. The van der Waals surface area contributed by atoms with Gasteiger partial charge in [0, 0.05) is 12.0 Å². The molecule has 0 amide bonds. The molecule has 1 heterocycles. The van der Waals surface area contributed by atoms with E-state index in [0.717, 1.165) is 6.42 Å². The Labute approximate surface area is 111 Å². The molecule has 0 aliphatic carbocycles. The van der Waals surface area contributed by atoms with Crippen LogP contribution in [0.3, 0.4) is 0 Å². The first-order valence-electron chi connectivity index (χ1n) is 6.35. The van der Waals surface area contributed by atoms with Crippen LogP contribution in [0.1, 0.15) is 48.0 Å². The highest BCUT2D eigenvalue weighted by Gasteiger charge is 2.48. The van der Waals surface area contributed by atoms with E-state index >= 15 is 0 Å². The Balaban J connectivity index is 2.69. The zero-order chi connectivity index (χ0) is 13.3. The molecule has 0 radical (unpaired) electrons. The molecule has 1 aliphatic heterocycles. The molecule has 1 fully saturated rings. The van der Waals surface area contributed by atoms with Gasteiger partial charge in [-0.15, -0.1) is 0 Å². The summed E-state index contributed by atoms with van der Waals surface area (Å²) < 4.78 is 11.9. The van der Waals surface area contributed by atoms with Crippen molar-refractivity contribution in [1.82, 2.24) is 4.84 Å². The van der Waals surface area contributed by atoms with Crippen molar-refractivity contribution in [2.45, 2.75) is 59.5 Å². The largest absolute Gasteiger partial charge is 0.476 e. The van der Waals surface area contributed by atoms with Crippen molar-refractivity contribution < 1.29 is 9.31 Å². The Hall–Kier alpha value is 0.235. The predicted molar refractivity (Wildman–Crippen MR) is 72.9 cm³/mol. The number of hydrogen-bond donors (Lipinski definition) is 1. The molecule has 1 N–H and O–H groups in total. The summed E-state index contributed by atoms with van der Waals surface area (Å²) in [6.45, 7) is 13.6. The molecule has 1 saturated heterocycles. The molecule has 3 nitrogen and oxygen atoms in total. The van der Waals surface area contributed by atoms with E-state index in [-0.39, 0.29) is 24.1 Å². The molecule has 17 heavy (non-hydrogen) atoms. The topological polar surface area (TPSA) is 30.5 Å². The van der Waals surface area contributed by atoms with Gasteiger partial charge >= 0.3 is 7.12 Å². The third kappa shape index (κ3) is 3.60. The lowest BCUT2D eigenvalue weighted by molar-refractivity contribution is -0.101. The second-order valence-corrected chi connectivity index (χ2v) is 6.75. The van der Waals surface area contributed by atoms with Gasteiger partial charge in [0.2, 0.25) is 0 Å². The zero-order valence-corrected chi connectivity index (χ0v) is 12.6. The van der Waals surface area contributed by atoms with Gasteiger partial charge in [-0.2, -0.15) is 0 Å². The Bertz CT molecular complexity index is 259. The lowest BCUT2D eigenvalue weighted by atomic mass is 9.67. The van der Waals surface area contributed by atoms with Crippen LogP contribution >= 0.6 is 11.8 Å². The number of rotatable bonds is 4. The predicted octanol–water partition coefficient (Wildman–Crippen LogP) is 3.02. The highest BCUT2D eigenvalue weighted by Crippen LogP contribution is 2.39. The van der Waals surface area contributed by atoms with Crippen LogP contribution in [0.15, 0.2) is 0 Å². The number of halogens is 1. The molecule has 5 heteroatoms. The molecule has 0 saturated carbocycles. The fourth-order valence-electron chi connectivity index (χ4n) is 1.86. The van der Waals surface area contributed by atoms with Crippen molar-refractivity contribution >= 4 is 18.9 Å². The normalized spacial score (nSPS) is 25.1. The maximum atomic E-state index is 6.07. The van der Waals surface area contributed by atoms with Gasteiger partial charge in [0.05, 0.1) is 11.5 Å². The van der Waals surface area contributed by atoms with Gasteiger partial charge in [0.15, 0.2) is 0 Å². The molecule has 1 rings (SSSR count). The van der Waals surface area contributed by atoms with E-state index in [1.54, 1.807) is 0 Å².